The number of rotatable bonds is 13. The standard InChI is InChI=1S/C36H36N6O6/c1-21-11-7-9-13-27(21)37-35(45)33(23(3)43)41-39-29-17-15-25(19-31(29)47-5)26-16-18-30(32(20-26)48-6)40-42-34(24(4)44)36(46)38-28-14-10-8-12-22(28)2/h7-20,33-34H,1-6H3,(H,37,45)(H,38,46). The highest BCUT2D eigenvalue weighted by molar-refractivity contribution is 6.11. The SMILES string of the molecule is COc1cc(-c2ccc(N=NC(C(C)=O)C(=O)Nc3ccccc3C)c(OC)c2)ccc1N=NC(C(C)=O)C(=O)Nc1ccccc1C. The molecule has 48 heavy (non-hydrogen) atoms. The number of nitrogens with zero attached hydrogens (tertiary/aromatic N) is 4. The number of hydrogen-bond acceptors (Lipinski definition) is 10. The fourth-order valence-electron chi connectivity index (χ4n) is 4.58. The predicted octanol–water partition coefficient (Wildman–Crippen LogP) is 7.35. The number of nitrogens with one attached hydrogen (secondary N) is 2. The Hall–Kier alpha value is -6.04. The third-order valence-corrected chi connectivity index (χ3v) is 7.33. The quantitative estimate of drug-likeness (QED) is 0.114. The largest absolute Gasteiger partial charge is 0.494 e. The van der Waals surface area contributed by atoms with Gasteiger partial charge in [-0.2, -0.15) is 20.5 Å². The number of hydrogen-bond donors (Lipinski definition) is 2. The molecule has 0 radical (unpaired) electrons. The smallest absolute Gasteiger partial charge is 0.258 e. The van der Waals surface area contributed by atoms with Gasteiger partial charge >= 0.3 is 0 Å². The van der Waals surface area contributed by atoms with E-state index in [1.807, 2.05) is 38.1 Å². The van der Waals surface area contributed by atoms with E-state index in [-0.39, 0.29) is 0 Å². The van der Waals surface area contributed by atoms with Crippen LogP contribution in [0.4, 0.5) is 22.7 Å². The summed E-state index contributed by atoms with van der Waals surface area (Å²) in [6.45, 7) is 6.24. The van der Waals surface area contributed by atoms with Gasteiger partial charge in [0.05, 0.1) is 14.2 Å². The third-order valence-electron chi connectivity index (χ3n) is 7.33. The van der Waals surface area contributed by atoms with Gasteiger partial charge in [0.1, 0.15) is 22.9 Å². The molecule has 0 aliphatic carbocycles. The van der Waals surface area contributed by atoms with Crippen LogP contribution in [0.5, 0.6) is 11.5 Å². The molecule has 0 aromatic heterocycles. The number of benzene rings is 4. The van der Waals surface area contributed by atoms with E-state index in [1.165, 1.54) is 28.1 Å². The van der Waals surface area contributed by atoms with Crippen LogP contribution in [0.15, 0.2) is 105 Å². The average molecular weight is 649 g/mol. The number of para-hydroxylation sites is 2. The summed E-state index contributed by atoms with van der Waals surface area (Å²) >= 11 is 0. The van der Waals surface area contributed by atoms with Crippen molar-refractivity contribution in [1.82, 2.24) is 0 Å². The molecular weight excluding hydrogens is 612 g/mol. The van der Waals surface area contributed by atoms with Crippen molar-refractivity contribution in [2.45, 2.75) is 39.8 Å². The molecule has 0 saturated heterocycles. The van der Waals surface area contributed by atoms with E-state index in [9.17, 15) is 19.2 Å². The van der Waals surface area contributed by atoms with Crippen LogP contribution in [-0.2, 0) is 19.2 Å². The first-order valence-corrected chi connectivity index (χ1v) is 14.9. The zero-order chi connectivity index (χ0) is 34.8. The molecule has 12 heteroatoms. The summed E-state index contributed by atoms with van der Waals surface area (Å²) in [6.07, 6.45) is 0. The maximum atomic E-state index is 12.9. The number of carbonyl (C=O) groups excluding carboxylic acids is 4. The Bertz CT molecular complexity index is 1770. The lowest BCUT2D eigenvalue weighted by molar-refractivity contribution is -0.127. The molecule has 2 N–H and O–H groups in total. The number of ketones is 2. The summed E-state index contributed by atoms with van der Waals surface area (Å²) in [5.41, 5.74) is 4.93. The summed E-state index contributed by atoms with van der Waals surface area (Å²) in [4.78, 5) is 50.3. The molecule has 4 aromatic rings. The Kier molecular flexibility index (Phi) is 11.6. The van der Waals surface area contributed by atoms with Gasteiger partial charge in [-0.15, -0.1) is 0 Å². The van der Waals surface area contributed by atoms with Gasteiger partial charge in [0.15, 0.2) is 11.6 Å². The van der Waals surface area contributed by atoms with Gasteiger partial charge in [0, 0.05) is 11.4 Å². The Labute approximate surface area is 278 Å². The minimum atomic E-state index is -1.35. The highest BCUT2D eigenvalue weighted by atomic mass is 16.5. The first kappa shape index (κ1) is 34.8. The van der Waals surface area contributed by atoms with Crippen LogP contribution in [0.2, 0.25) is 0 Å². The molecule has 246 valence electrons. The maximum Gasteiger partial charge on any atom is 0.258 e. The average Bonchev–Trinajstić information content (AvgIpc) is 3.06. The van der Waals surface area contributed by atoms with Crippen molar-refractivity contribution in [3.05, 3.63) is 96.1 Å². The van der Waals surface area contributed by atoms with E-state index in [2.05, 4.69) is 31.1 Å². The number of anilines is 2. The molecule has 2 atom stereocenters. The first-order valence-electron chi connectivity index (χ1n) is 14.9. The second kappa shape index (κ2) is 16.0. The van der Waals surface area contributed by atoms with Crippen molar-refractivity contribution >= 4 is 46.1 Å². The Morgan fingerprint density at radius 1 is 0.583 bits per heavy atom. The fraction of sp³-hybridized carbons (Fsp3) is 0.222. The molecule has 2 amide bonds. The minimum absolute atomic E-state index is 0.313. The minimum Gasteiger partial charge on any atom is -0.494 e. The lowest BCUT2D eigenvalue weighted by atomic mass is 10.0. The maximum absolute atomic E-state index is 12.9. The topological polar surface area (TPSA) is 160 Å². The van der Waals surface area contributed by atoms with Gasteiger partial charge < -0.3 is 20.1 Å². The van der Waals surface area contributed by atoms with Gasteiger partial charge in [-0.25, -0.2) is 0 Å². The summed E-state index contributed by atoms with van der Waals surface area (Å²) in [6, 6.07) is 22.0. The molecule has 0 heterocycles. The van der Waals surface area contributed by atoms with Crippen molar-refractivity contribution in [1.29, 1.82) is 0 Å². The van der Waals surface area contributed by atoms with E-state index in [0.29, 0.717) is 34.2 Å². The number of Topliss-reactive ketones (excluding diaryl/α,β-unsaturated/α-hetero) is 2. The van der Waals surface area contributed by atoms with E-state index in [4.69, 9.17) is 9.47 Å². The predicted molar refractivity (Wildman–Crippen MR) is 183 cm³/mol. The number of aryl methyl sites for hydroxylation is 2. The molecule has 0 aliphatic heterocycles. The Morgan fingerprint density at radius 3 is 1.29 bits per heavy atom. The van der Waals surface area contributed by atoms with Crippen LogP contribution in [0, 0.1) is 13.8 Å². The highest BCUT2D eigenvalue weighted by Gasteiger charge is 2.25. The molecule has 0 bridgehead atoms. The molecule has 2 unspecified atom stereocenters. The van der Waals surface area contributed by atoms with E-state index < -0.39 is 35.5 Å². The van der Waals surface area contributed by atoms with Crippen LogP contribution in [0.25, 0.3) is 11.1 Å². The number of azo groups is 2. The molecule has 0 spiro atoms. The second-order valence-electron chi connectivity index (χ2n) is 10.8. The lowest BCUT2D eigenvalue weighted by Crippen LogP contribution is -2.32. The van der Waals surface area contributed by atoms with Crippen LogP contribution < -0.4 is 20.1 Å². The monoisotopic (exact) mass is 648 g/mol. The normalized spacial score (nSPS) is 12.4. The zero-order valence-electron chi connectivity index (χ0n) is 27.5. The fourth-order valence-corrected chi connectivity index (χ4v) is 4.58. The van der Waals surface area contributed by atoms with Gasteiger partial charge in [-0.1, -0.05) is 48.5 Å². The van der Waals surface area contributed by atoms with Crippen LogP contribution in [0.3, 0.4) is 0 Å². The van der Waals surface area contributed by atoms with E-state index >= 15 is 0 Å². The van der Waals surface area contributed by atoms with Crippen molar-refractivity contribution in [2.24, 2.45) is 20.5 Å². The second-order valence-corrected chi connectivity index (χ2v) is 10.8. The van der Waals surface area contributed by atoms with Crippen LogP contribution >= 0.6 is 0 Å². The Balaban J connectivity index is 1.54. The van der Waals surface area contributed by atoms with E-state index in [0.717, 1.165) is 22.3 Å². The van der Waals surface area contributed by atoms with Gasteiger partial charge in [-0.05, 0) is 86.3 Å². The number of amides is 2. The highest BCUT2D eigenvalue weighted by Crippen LogP contribution is 2.37. The molecule has 4 rings (SSSR count). The summed E-state index contributed by atoms with van der Waals surface area (Å²) < 4.78 is 11.1. The van der Waals surface area contributed by atoms with Crippen LogP contribution in [-0.4, -0.2) is 49.7 Å². The van der Waals surface area contributed by atoms with Crippen molar-refractivity contribution in [3.63, 3.8) is 0 Å². The summed E-state index contributed by atoms with van der Waals surface area (Å²) in [5, 5.41) is 21.9. The van der Waals surface area contributed by atoms with Crippen molar-refractivity contribution < 1.29 is 28.7 Å². The molecular formula is C36H36N6O6. The van der Waals surface area contributed by atoms with Gasteiger partial charge in [0.2, 0.25) is 12.1 Å². The number of methoxy groups -OCH3 is 2. The molecule has 0 fully saturated rings. The van der Waals surface area contributed by atoms with Crippen molar-refractivity contribution in [2.75, 3.05) is 24.9 Å². The van der Waals surface area contributed by atoms with Crippen LogP contribution in [0.1, 0.15) is 25.0 Å². The Morgan fingerprint density at radius 2 is 0.958 bits per heavy atom. The summed E-state index contributed by atoms with van der Waals surface area (Å²) in [5.74, 6) is -1.42. The van der Waals surface area contributed by atoms with Gasteiger partial charge in [0.25, 0.3) is 11.8 Å². The lowest BCUT2D eigenvalue weighted by Gasteiger charge is -2.13. The molecule has 12 nitrogen and oxygen atoms in total. The van der Waals surface area contributed by atoms with Gasteiger partial charge in [-0.3, -0.25) is 19.2 Å². The first-order chi connectivity index (χ1) is 23.0. The molecule has 0 saturated carbocycles. The van der Waals surface area contributed by atoms with E-state index in [1.54, 1.807) is 60.7 Å². The zero-order valence-corrected chi connectivity index (χ0v) is 27.5. The molecule has 4 aromatic carbocycles. The number of carbonyl (C=O) groups is 4. The number of ether oxygens (including phenoxy) is 2. The molecule has 0 aliphatic rings. The third kappa shape index (κ3) is 8.60. The van der Waals surface area contributed by atoms with Crippen molar-refractivity contribution in [3.8, 4) is 22.6 Å². The summed E-state index contributed by atoms with van der Waals surface area (Å²) in [7, 11) is 2.94.